The van der Waals surface area contributed by atoms with Gasteiger partial charge in [0.25, 0.3) is 0 Å². The molecule has 96 valence electrons. The molecule has 0 fully saturated rings. The molecule has 2 aromatic rings. The van der Waals surface area contributed by atoms with Gasteiger partial charge in [0.15, 0.2) is 0 Å². The fraction of sp³-hybridized carbons (Fsp3) is 0.143. The first-order valence-corrected chi connectivity index (χ1v) is 6.54. The maximum Gasteiger partial charge on any atom is 0.233 e. The molecule has 0 aromatic heterocycles. The van der Waals surface area contributed by atoms with Gasteiger partial charge in [-0.1, -0.05) is 23.2 Å². The Kier molecular flexibility index (Phi) is 2.42. The van der Waals surface area contributed by atoms with E-state index < -0.39 is 12.6 Å². The van der Waals surface area contributed by atoms with E-state index in [0.717, 1.165) is 22.6 Å². The third kappa shape index (κ3) is 1.77. The number of halogens is 2. The standard InChI is InChI=1S/C14H8Cl2O3/c15-7-1-3-11-9(5-7)13-18-12-4-2-8(16)6-10(12)14(17-11)19-13/h1-6,13-14H/t13-,14-/m0/s1. The summed E-state index contributed by atoms with van der Waals surface area (Å²) in [6.45, 7) is 0. The molecule has 2 atom stereocenters. The Morgan fingerprint density at radius 3 is 1.68 bits per heavy atom. The smallest absolute Gasteiger partial charge is 0.233 e. The third-order valence-electron chi connectivity index (χ3n) is 3.17. The van der Waals surface area contributed by atoms with E-state index in [1.54, 1.807) is 24.3 Å². The normalized spacial score (nSPS) is 22.8. The molecule has 2 aromatic carbocycles. The lowest BCUT2D eigenvalue weighted by atomic mass is 10.1. The second-order valence-corrected chi connectivity index (χ2v) is 5.27. The van der Waals surface area contributed by atoms with Crippen molar-refractivity contribution in [2.24, 2.45) is 0 Å². The Bertz CT molecular complexity index is 614. The third-order valence-corrected chi connectivity index (χ3v) is 3.64. The van der Waals surface area contributed by atoms with Crippen LogP contribution in [0.1, 0.15) is 23.7 Å². The Hall–Kier alpha value is -1.42. The molecule has 2 heterocycles. The Labute approximate surface area is 119 Å². The van der Waals surface area contributed by atoms with Gasteiger partial charge in [-0.25, -0.2) is 0 Å². The average Bonchev–Trinajstić information content (AvgIpc) is 2.41. The highest BCUT2D eigenvalue weighted by Gasteiger charge is 2.37. The molecule has 0 spiro atoms. The molecule has 0 radical (unpaired) electrons. The van der Waals surface area contributed by atoms with Crippen molar-refractivity contribution >= 4 is 23.2 Å². The van der Waals surface area contributed by atoms with Crippen molar-refractivity contribution in [1.82, 2.24) is 0 Å². The lowest BCUT2D eigenvalue weighted by molar-refractivity contribution is -0.227. The van der Waals surface area contributed by atoms with Crippen LogP contribution < -0.4 is 9.47 Å². The van der Waals surface area contributed by atoms with Gasteiger partial charge in [-0.15, -0.1) is 0 Å². The number of benzene rings is 2. The number of ether oxygens (including phenoxy) is 3. The van der Waals surface area contributed by atoms with E-state index in [2.05, 4.69) is 0 Å². The van der Waals surface area contributed by atoms with Gasteiger partial charge in [-0.2, -0.15) is 0 Å². The van der Waals surface area contributed by atoms with E-state index in [1.807, 2.05) is 12.1 Å². The zero-order valence-electron chi connectivity index (χ0n) is 9.60. The highest BCUT2D eigenvalue weighted by molar-refractivity contribution is 6.31. The van der Waals surface area contributed by atoms with Gasteiger partial charge in [0, 0.05) is 10.0 Å². The van der Waals surface area contributed by atoms with Crippen LogP contribution in [0.2, 0.25) is 10.0 Å². The fourth-order valence-electron chi connectivity index (χ4n) is 2.29. The molecule has 3 nitrogen and oxygen atoms in total. The highest BCUT2D eigenvalue weighted by Crippen LogP contribution is 2.48. The van der Waals surface area contributed by atoms with Crippen LogP contribution in [0.5, 0.6) is 11.5 Å². The summed E-state index contributed by atoms with van der Waals surface area (Å²) in [5.74, 6) is 1.44. The van der Waals surface area contributed by atoms with Gasteiger partial charge in [0.05, 0.1) is 11.1 Å². The monoisotopic (exact) mass is 294 g/mol. The summed E-state index contributed by atoms with van der Waals surface area (Å²) in [4.78, 5) is 0. The largest absolute Gasteiger partial charge is 0.460 e. The summed E-state index contributed by atoms with van der Waals surface area (Å²) in [6.07, 6.45) is -0.998. The van der Waals surface area contributed by atoms with Crippen molar-refractivity contribution in [3.8, 4) is 11.5 Å². The van der Waals surface area contributed by atoms with Gasteiger partial charge < -0.3 is 9.47 Å². The summed E-state index contributed by atoms with van der Waals surface area (Å²) in [7, 11) is 0. The van der Waals surface area contributed by atoms with Gasteiger partial charge in [0.1, 0.15) is 11.5 Å². The molecule has 5 heteroatoms. The summed E-state index contributed by atoms with van der Waals surface area (Å²) >= 11 is 12.0. The molecule has 0 saturated heterocycles. The lowest BCUT2D eigenvalue weighted by Gasteiger charge is -2.37. The minimum absolute atomic E-state index is 0.499. The van der Waals surface area contributed by atoms with Gasteiger partial charge >= 0.3 is 0 Å². The van der Waals surface area contributed by atoms with Crippen molar-refractivity contribution in [2.75, 3.05) is 0 Å². The second kappa shape index (κ2) is 4.04. The van der Waals surface area contributed by atoms with Crippen LogP contribution in [-0.4, -0.2) is 0 Å². The zero-order valence-corrected chi connectivity index (χ0v) is 11.1. The lowest BCUT2D eigenvalue weighted by Crippen LogP contribution is -2.30. The molecular weight excluding hydrogens is 287 g/mol. The van der Waals surface area contributed by atoms with Crippen LogP contribution in [0.4, 0.5) is 0 Å². The van der Waals surface area contributed by atoms with E-state index in [4.69, 9.17) is 37.4 Å². The van der Waals surface area contributed by atoms with Crippen LogP contribution >= 0.6 is 23.2 Å². The van der Waals surface area contributed by atoms with E-state index in [-0.39, 0.29) is 0 Å². The molecule has 2 aliphatic heterocycles. The minimum atomic E-state index is -0.499. The predicted octanol–water partition coefficient (Wildman–Crippen LogP) is 4.49. The van der Waals surface area contributed by atoms with Crippen LogP contribution in [0.25, 0.3) is 0 Å². The quantitative estimate of drug-likeness (QED) is 0.716. The molecule has 0 N–H and O–H groups in total. The van der Waals surface area contributed by atoms with Crippen molar-refractivity contribution in [3.63, 3.8) is 0 Å². The molecular formula is C14H8Cl2O3. The number of hydrogen-bond acceptors (Lipinski definition) is 3. The highest BCUT2D eigenvalue weighted by atomic mass is 35.5. The zero-order chi connectivity index (χ0) is 13.0. The van der Waals surface area contributed by atoms with E-state index in [9.17, 15) is 0 Å². The van der Waals surface area contributed by atoms with Gasteiger partial charge in [0.2, 0.25) is 12.6 Å². The predicted molar refractivity (Wildman–Crippen MR) is 70.7 cm³/mol. The first kappa shape index (κ1) is 11.4. The summed E-state index contributed by atoms with van der Waals surface area (Å²) in [6, 6.07) is 10.8. The Balaban J connectivity index is 1.84. The molecule has 0 aliphatic carbocycles. The van der Waals surface area contributed by atoms with E-state index in [0.29, 0.717) is 10.0 Å². The van der Waals surface area contributed by atoms with Crippen LogP contribution in [0.3, 0.4) is 0 Å². The Morgan fingerprint density at radius 2 is 1.21 bits per heavy atom. The first-order valence-electron chi connectivity index (χ1n) is 5.78. The maximum atomic E-state index is 5.99. The molecule has 0 unspecified atom stereocenters. The summed E-state index contributed by atoms with van der Waals surface area (Å²) in [5, 5.41) is 1.24. The molecule has 19 heavy (non-hydrogen) atoms. The molecule has 0 amide bonds. The van der Waals surface area contributed by atoms with Crippen molar-refractivity contribution in [1.29, 1.82) is 0 Å². The van der Waals surface area contributed by atoms with Crippen LogP contribution in [0, 0.1) is 0 Å². The van der Waals surface area contributed by atoms with Crippen molar-refractivity contribution in [2.45, 2.75) is 12.6 Å². The van der Waals surface area contributed by atoms with Gasteiger partial charge in [-0.05, 0) is 36.4 Å². The average molecular weight is 295 g/mol. The molecule has 4 rings (SSSR count). The summed E-state index contributed by atoms with van der Waals surface area (Å²) < 4.78 is 17.4. The fourth-order valence-corrected chi connectivity index (χ4v) is 2.65. The maximum absolute atomic E-state index is 5.99. The van der Waals surface area contributed by atoms with E-state index in [1.165, 1.54) is 0 Å². The molecule has 2 aliphatic rings. The van der Waals surface area contributed by atoms with Crippen LogP contribution in [-0.2, 0) is 4.74 Å². The minimum Gasteiger partial charge on any atom is -0.460 e. The number of hydrogen-bond donors (Lipinski definition) is 0. The summed E-state index contributed by atoms with van der Waals surface area (Å²) in [5.41, 5.74) is 1.59. The topological polar surface area (TPSA) is 27.7 Å². The number of rotatable bonds is 0. The van der Waals surface area contributed by atoms with Crippen LogP contribution in [0.15, 0.2) is 36.4 Å². The van der Waals surface area contributed by atoms with Crippen molar-refractivity contribution < 1.29 is 14.2 Å². The van der Waals surface area contributed by atoms with Gasteiger partial charge in [-0.3, -0.25) is 4.74 Å². The first-order chi connectivity index (χ1) is 9.20. The van der Waals surface area contributed by atoms with Crippen molar-refractivity contribution in [3.05, 3.63) is 57.6 Å². The Morgan fingerprint density at radius 1 is 0.737 bits per heavy atom. The molecule has 0 saturated carbocycles. The van der Waals surface area contributed by atoms with E-state index >= 15 is 0 Å². The number of fused-ring (bicyclic) bond motifs is 6. The SMILES string of the molecule is Clc1ccc2c(c1)[C@H]1Oc3ccc(Cl)cc3[C@@H](O2)O1. The molecule has 2 bridgehead atoms. The second-order valence-electron chi connectivity index (χ2n) is 4.40.